The monoisotopic (exact) mass is 292 g/mol. The molecule has 0 unspecified atom stereocenters. The molecule has 0 fully saturated rings. The first-order valence-electron chi connectivity index (χ1n) is 6.65. The van der Waals surface area contributed by atoms with Gasteiger partial charge in [-0.15, -0.1) is 0 Å². The summed E-state index contributed by atoms with van der Waals surface area (Å²) in [4.78, 5) is 15.2. The number of nitriles is 1. The van der Waals surface area contributed by atoms with Gasteiger partial charge in [0.05, 0.1) is 17.3 Å². The van der Waals surface area contributed by atoms with Gasteiger partial charge in [0.25, 0.3) is 0 Å². The molecule has 3 rings (SSSR count). The predicted octanol–water partition coefficient (Wildman–Crippen LogP) is 3.68. The van der Waals surface area contributed by atoms with Crippen LogP contribution >= 0.6 is 0 Å². The van der Waals surface area contributed by atoms with Gasteiger partial charge in [-0.3, -0.25) is 0 Å². The second kappa shape index (κ2) is 5.01. The van der Waals surface area contributed by atoms with Crippen molar-refractivity contribution in [2.45, 2.75) is 13.8 Å². The molecule has 1 heterocycles. The van der Waals surface area contributed by atoms with Crippen molar-refractivity contribution in [3.63, 3.8) is 0 Å². The lowest BCUT2D eigenvalue weighted by Crippen LogP contribution is -1.95. The number of hydrogen-bond acceptors (Lipinski definition) is 4. The highest BCUT2D eigenvalue weighted by Gasteiger charge is 2.18. The van der Waals surface area contributed by atoms with Gasteiger partial charge in [0.2, 0.25) is 11.7 Å². The fourth-order valence-corrected chi connectivity index (χ4v) is 2.42. The normalized spacial score (nSPS) is 10.6. The summed E-state index contributed by atoms with van der Waals surface area (Å²) >= 11 is 0. The Labute approximate surface area is 126 Å². The third kappa shape index (κ3) is 2.21. The zero-order valence-corrected chi connectivity index (χ0v) is 12.0. The van der Waals surface area contributed by atoms with Crippen molar-refractivity contribution in [3.8, 4) is 17.5 Å². The first-order chi connectivity index (χ1) is 10.5. The summed E-state index contributed by atoms with van der Waals surface area (Å²) in [5.41, 5.74) is 2.47. The lowest BCUT2D eigenvalue weighted by atomic mass is 10.00. The van der Waals surface area contributed by atoms with Crippen LogP contribution in [-0.4, -0.2) is 16.1 Å². The molecular weight excluding hydrogens is 280 g/mol. The Morgan fingerprint density at radius 1 is 1.27 bits per heavy atom. The van der Waals surface area contributed by atoms with Crippen molar-refractivity contribution in [2.24, 2.45) is 0 Å². The topological polar surface area (TPSA) is 87.1 Å². The number of hydrogen-bond donors (Lipinski definition) is 1. The molecule has 0 bridgehead atoms. The summed E-state index contributed by atoms with van der Waals surface area (Å²) in [6.45, 7) is 3.54. The van der Waals surface area contributed by atoms with Gasteiger partial charge in [-0.25, -0.2) is 9.78 Å². The predicted molar refractivity (Wildman–Crippen MR) is 80.6 cm³/mol. The first-order valence-corrected chi connectivity index (χ1v) is 6.65. The molecule has 0 amide bonds. The molecule has 3 aromatic rings. The minimum absolute atomic E-state index is 0.183. The molecule has 0 saturated heterocycles. The molecule has 1 N–H and O–H groups in total. The number of carboxylic acids is 1. The van der Waals surface area contributed by atoms with Crippen molar-refractivity contribution < 1.29 is 14.3 Å². The molecule has 22 heavy (non-hydrogen) atoms. The Hall–Kier alpha value is -3.13. The molecule has 5 heteroatoms. The minimum atomic E-state index is -1.16. The zero-order valence-electron chi connectivity index (χ0n) is 12.0. The van der Waals surface area contributed by atoms with Crippen LogP contribution in [0.4, 0.5) is 0 Å². The summed E-state index contributed by atoms with van der Waals surface area (Å²) in [6.07, 6.45) is 0. The van der Waals surface area contributed by atoms with E-state index in [4.69, 9.17) is 9.52 Å². The average Bonchev–Trinajstić information content (AvgIpc) is 2.87. The highest BCUT2D eigenvalue weighted by atomic mass is 16.4. The summed E-state index contributed by atoms with van der Waals surface area (Å²) < 4.78 is 5.32. The number of aromatic nitrogens is 1. The maximum absolute atomic E-state index is 11.1. The van der Waals surface area contributed by atoms with Gasteiger partial charge in [0.1, 0.15) is 0 Å². The molecule has 1 aromatic heterocycles. The lowest BCUT2D eigenvalue weighted by Gasteiger charge is -2.04. The van der Waals surface area contributed by atoms with Gasteiger partial charge >= 0.3 is 5.97 Å². The molecular formula is C17H12N2O3. The van der Waals surface area contributed by atoms with Crippen LogP contribution < -0.4 is 0 Å². The molecule has 0 aliphatic rings. The van der Waals surface area contributed by atoms with Gasteiger partial charge in [0.15, 0.2) is 0 Å². The van der Waals surface area contributed by atoms with E-state index in [9.17, 15) is 10.1 Å². The second-order valence-electron chi connectivity index (χ2n) is 5.10. The van der Waals surface area contributed by atoms with Gasteiger partial charge in [-0.2, -0.15) is 5.26 Å². The SMILES string of the molecule is Cc1ccc2c(C#N)cc(-c3nc(C)c(C(=O)O)o3)cc2c1. The van der Waals surface area contributed by atoms with Crippen LogP contribution in [0.25, 0.3) is 22.2 Å². The van der Waals surface area contributed by atoms with Crippen molar-refractivity contribution in [2.75, 3.05) is 0 Å². The van der Waals surface area contributed by atoms with E-state index in [0.717, 1.165) is 16.3 Å². The van der Waals surface area contributed by atoms with Crippen LogP contribution in [-0.2, 0) is 0 Å². The van der Waals surface area contributed by atoms with Crippen molar-refractivity contribution in [1.29, 1.82) is 5.26 Å². The van der Waals surface area contributed by atoms with E-state index >= 15 is 0 Å². The van der Waals surface area contributed by atoms with E-state index in [0.29, 0.717) is 16.8 Å². The van der Waals surface area contributed by atoms with Crippen LogP contribution in [0.5, 0.6) is 0 Å². The zero-order chi connectivity index (χ0) is 15.9. The fourth-order valence-electron chi connectivity index (χ4n) is 2.42. The van der Waals surface area contributed by atoms with Crippen LogP contribution in [0.3, 0.4) is 0 Å². The highest BCUT2D eigenvalue weighted by Crippen LogP contribution is 2.29. The Bertz CT molecular complexity index is 948. The van der Waals surface area contributed by atoms with Crippen LogP contribution in [0, 0.1) is 25.2 Å². The molecule has 0 aliphatic heterocycles. The fraction of sp³-hybridized carbons (Fsp3) is 0.118. The van der Waals surface area contributed by atoms with Crippen molar-refractivity contribution in [3.05, 3.63) is 52.9 Å². The maximum Gasteiger partial charge on any atom is 0.373 e. The van der Waals surface area contributed by atoms with E-state index in [1.807, 2.05) is 31.2 Å². The van der Waals surface area contributed by atoms with Crippen LogP contribution in [0.15, 0.2) is 34.7 Å². The molecule has 5 nitrogen and oxygen atoms in total. The van der Waals surface area contributed by atoms with Gasteiger partial charge in [-0.1, -0.05) is 23.8 Å². The van der Waals surface area contributed by atoms with Gasteiger partial charge in [-0.05, 0) is 36.8 Å². The Kier molecular flexibility index (Phi) is 3.15. The summed E-state index contributed by atoms with van der Waals surface area (Å²) in [7, 11) is 0. The number of oxazole rings is 1. The van der Waals surface area contributed by atoms with Crippen LogP contribution in [0.1, 0.15) is 27.4 Å². The van der Waals surface area contributed by atoms with Gasteiger partial charge < -0.3 is 9.52 Å². The number of aromatic carboxylic acids is 1. The molecule has 0 saturated carbocycles. The summed E-state index contributed by atoms with van der Waals surface area (Å²) in [5.74, 6) is -1.14. The number of aryl methyl sites for hydroxylation is 2. The third-order valence-corrected chi connectivity index (χ3v) is 3.47. The molecule has 0 aliphatic carbocycles. The lowest BCUT2D eigenvalue weighted by molar-refractivity contribution is 0.0662. The second-order valence-corrected chi connectivity index (χ2v) is 5.10. The molecule has 0 radical (unpaired) electrons. The minimum Gasteiger partial charge on any atom is -0.475 e. The molecule has 108 valence electrons. The number of carboxylic acid groups (broad SMARTS) is 1. The smallest absolute Gasteiger partial charge is 0.373 e. The number of rotatable bonds is 2. The van der Waals surface area contributed by atoms with E-state index in [-0.39, 0.29) is 11.7 Å². The molecule has 2 aromatic carbocycles. The number of fused-ring (bicyclic) bond motifs is 1. The third-order valence-electron chi connectivity index (χ3n) is 3.47. The molecule has 0 atom stereocenters. The largest absolute Gasteiger partial charge is 0.475 e. The average molecular weight is 292 g/mol. The van der Waals surface area contributed by atoms with Crippen LogP contribution in [0.2, 0.25) is 0 Å². The quantitative estimate of drug-likeness (QED) is 0.778. The highest BCUT2D eigenvalue weighted by molar-refractivity contribution is 5.92. The number of nitrogens with zero attached hydrogens (tertiary/aromatic N) is 2. The summed E-state index contributed by atoms with van der Waals surface area (Å²) in [6, 6.07) is 11.5. The van der Waals surface area contributed by atoms with Crippen molar-refractivity contribution in [1.82, 2.24) is 4.98 Å². The number of carbonyl (C=O) groups is 1. The maximum atomic E-state index is 11.1. The Balaban J connectivity index is 2.25. The van der Waals surface area contributed by atoms with Crippen molar-refractivity contribution >= 4 is 16.7 Å². The Morgan fingerprint density at radius 3 is 2.68 bits per heavy atom. The molecule has 0 spiro atoms. The van der Waals surface area contributed by atoms with E-state index in [1.54, 1.807) is 13.0 Å². The van der Waals surface area contributed by atoms with Gasteiger partial charge in [0, 0.05) is 5.56 Å². The van der Waals surface area contributed by atoms with E-state index < -0.39 is 5.97 Å². The number of benzene rings is 2. The summed E-state index contributed by atoms with van der Waals surface area (Å²) in [5, 5.41) is 20.1. The Morgan fingerprint density at radius 2 is 2.05 bits per heavy atom. The first kappa shape index (κ1) is 13.8. The van der Waals surface area contributed by atoms with E-state index in [2.05, 4.69) is 11.1 Å². The van der Waals surface area contributed by atoms with E-state index in [1.165, 1.54) is 0 Å². The standard InChI is InChI=1S/C17H12N2O3/c1-9-3-4-14-11(5-9)6-12(7-13(14)8-18)16-19-10(2)15(22-16)17(20)21/h3-7H,1-2H3,(H,20,21).